The lowest BCUT2D eigenvalue weighted by Crippen LogP contribution is -2.36. The Morgan fingerprint density at radius 3 is 2.50 bits per heavy atom. The second-order valence-corrected chi connectivity index (χ2v) is 8.53. The quantitative estimate of drug-likeness (QED) is 0.285. The summed E-state index contributed by atoms with van der Waals surface area (Å²) in [5.41, 5.74) is 2.11. The third-order valence-electron chi connectivity index (χ3n) is 4.35. The molecule has 0 amide bonds. The van der Waals surface area contributed by atoms with Crippen LogP contribution in [-0.2, 0) is 18.5 Å². The van der Waals surface area contributed by atoms with Crippen molar-refractivity contribution in [1.29, 1.82) is 0 Å². The monoisotopic (exact) mass is 519 g/mol. The maximum Gasteiger partial charge on any atom is 0.192 e. The standard InChI is InChI=1S/C20H33N5OS.HI/c1-7-14(8-2)17-10-16(26-25-17)12-23-19(21-9-3)22-11-15-13-27-18(24-15)20(4,5)6;/h10,13-14H,7-9,11-12H2,1-6H3,(H2,21,22,23);1H. The van der Waals surface area contributed by atoms with Gasteiger partial charge >= 0.3 is 0 Å². The number of halogens is 1. The number of aromatic nitrogens is 2. The summed E-state index contributed by atoms with van der Waals surface area (Å²) in [5, 5.41) is 14.0. The summed E-state index contributed by atoms with van der Waals surface area (Å²) in [6, 6.07) is 2.05. The van der Waals surface area contributed by atoms with E-state index in [1.54, 1.807) is 11.3 Å². The van der Waals surface area contributed by atoms with Gasteiger partial charge in [0.2, 0.25) is 0 Å². The number of hydrogen-bond donors (Lipinski definition) is 2. The van der Waals surface area contributed by atoms with E-state index < -0.39 is 0 Å². The summed E-state index contributed by atoms with van der Waals surface area (Å²) in [7, 11) is 0. The Bertz CT molecular complexity index is 731. The molecular formula is C20H34IN5OS. The van der Waals surface area contributed by atoms with Crippen LogP contribution < -0.4 is 10.6 Å². The van der Waals surface area contributed by atoms with Crippen LogP contribution in [0.1, 0.15) is 82.5 Å². The van der Waals surface area contributed by atoms with Gasteiger partial charge < -0.3 is 15.2 Å². The number of hydrogen-bond acceptors (Lipinski definition) is 5. The van der Waals surface area contributed by atoms with Crippen LogP contribution in [-0.4, -0.2) is 22.6 Å². The highest BCUT2D eigenvalue weighted by molar-refractivity contribution is 14.0. The zero-order valence-corrected chi connectivity index (χ0v) is 21.0. The molecule has 0 fully saturated rings. The molecule has 2 N–H and O–H groups in total. The molecule has 0 radical (unpaired) electrons. The number of nitrogens with zero attached hydrogens (tertiary/aromatic N) is 3. The van der Waals surface area contributed by atoms with E-state index >= 15 is 0 Å². The van der Waals surface area contributed by atoms with Crippen LogP contribution in [0, 0.1) is 0 Å². The van der Waals surface area contributed by atoms with Crippen molar-refractivity contribution in [2.75, 3.05) is 6.54 Å². The van der Waals surface area contributed by atoms with Crippen molar-refractivity contribution in [3.63, 3.8) is 0 Å². The first kappa shape index (κ1) is 24.9. The van der Waals surface area contributed by atoms with Crippen molar-refractivity contribution < 1.29 is 4.52 Å². The van der Waals surface area contributed by atoms with E-state index in [2.05, 4.69) is 67.7 Å². The van der Waals surface area contributed by atoms with Crippen molar-refractivity contribution in [2.45, 2.75) is 78.8 Å². The predicted octanol–water partition coefficient (Wildman–Crippen LogP) is 5.21. The molecular weight excluding hydrogens is 485 g/mol. The van der Waals surface area contributed by atoms with E-state index in [1.165, 1.54) is 0 Å². The molecule has 8 heteroatoms. The second-order valence-electron chi connectivity index (χ2n) is 7.67. The van der Waals surface area contributed by atoms with Gasteiger partial charge in [-0.1, -0.05) is 39.8 Å². The summed E-state index contributed by atoms with van der Waals surface area (Å²) in [6.07, 6.45) is 2.15. The number of rotatable bonds is 8. The van der Waals surface area contributed by atoms with Gasteiger partial charge in [-0.05, 0) is 19.8 Å². The molecule has 158 valence electrons. The van der Waals surface area contributed by atoms with Gasteiger partial charge in [0, 0.05) is 29.3 Å². The number of aliphatic imine (C=N–C) groups is 1. The summed E-state index contributed by atoms with van der Waals surface area (Å²) in [4.78, 5) is 9.35. The lowest BCUT2D eigenvalue weighted by Gasteiger charge is -2.13. The van der Waals surface area contributed by atoms with Crippen LogP contribution in [0.2, 0.25) is 0 Å². The van der Waals surface area contributed by atoms with Gasteiger partial charge in [0.05, 0.1) is 29.5 Å². The first-order chi connectivity index (χ1) is 12.9. The van der Waals surface area contributed by atoms with E-state index in [9.17, 15) is 0 Å². The fourth-order valence-corrected chi connectivity index (χ4v) is 3.61. The zero-order valence-electron chi connectivity index (χ0n) is 17.8. The van der Waals surface area contributed by atoms with Gasteiger partial charge in [-0.2, -0.15) is 0 Å². The minimum atomic E-state index is 0. The molecule has 0 bridgehead atoms. The molecule has 0 aliphatic heterocycles. The Hall–Kier alpha value is -1.16. The van der Waals surface area contributed by atoms with Crippen LogP contribution in [0.4, 0.5) is 0 Å². The van der Waals surface area contributed by atoms with E-state index in [0.717, 1.165) is 47.5 Å². The topological polar surface area (TPSA) is 75.3 Å². The van der Waals surface area contributed by atoms with E-state index in [1.807, 2.05) is 6.07 Å². The second kappa shape index (κ2) is 11.7. The lowest BCUT2D eigenvalue weighted by molar-refractivity contribution is 0.368. The lowest BCUT2D eigenvalue weighted by atomic mass is 9.98. The summed E-state index contributed by atoms with van der Waals surface area (Å²) in [6.45, 7) is 14.9. The highest BCUT2D eigenvalue weighted by atomic mass is 127. The first-order valence-electron chi connectivity index (χ1n) is 9.79. The SMILES string of the molecule is CCNC(=NCc1csc(C(C)(C)C)n1)NCc1cc(C(CC)CC)no1.I. The highest BCUT2D eigenvalue weighted by Crippen LogP contribution is 2.25. The number of nitrogens with one attached hydrogen (secondary N) is 2. The van der Waals surface area contributed by atoms with Gasteiger partial charge in [-0.15, -0.1) is 35.3 Å². The average Bonchev–Trinajstić information content (AvgIpc) is 3.28. The summed E-state index contributed by atoms with van der Waals surface area (Å²) >= 11 is 1.70. The predicted molar refractivity (Wildman–Crippen MR) is 128 cm³/mol. The van der Waals surface area contributed by atoms with Gasteiger partial charge in [-0.3, -0.25) is 0 Å². The van der Waals surface area contributed by atoms with E-state index in [4.69, 9.17) is 9.51 Å². The van der Waals surface area contributed by atoms with Crippen LogP contribution in [0.5, 0.6) is 0 Å². The molecule has 28 heavy (non-hydrogen) atoms. The molecule has 0 spiro atoms. The van der Waals surface area contributed by atoms with Gasteiger partial charge in [-0.25, -0.2) is 9.98 Å². The molecule has 0 saturated carbocycles. The van der Waals surface area contributed by atoms with Gasteiger partial charge in [0.15, 0.2) is 11.7 Å². The Kier molecular flexibility index (Phi) is 10.4. The minimum Gasteiger partial charge on any atom is -0.359 e. The molecule has 0 aliphatic carbocycles. The van der Waals surface area contributed by atoms with Crippen molar-refractivity contribution >= 4 is 41.3 Å². The van der Waals surface area contributed by atoms with E-state index in [-0.39, 0.29) is 29.4 Å². The molecule has 2 aromatic rings. The van der Waals surface area contributed by atoms with Crippen molar-refractivity contribution in [3.8, 4) is 0 Å². The van der Waals surface area contributed by atoms with Gasteiger partial charge in [0.1, 0.15) is 0 Å². The summed E-state index contributed by atoms with van der Waals surface area (Å²) in [5.74, 6) is 2.04. The van der Waals surface area contributed by atoms with Crippen LogP contribution in [0.3, 0.4) is 0 Å². The summed E-state index contributed by atoms with van der Waals surface area (Å²) < 4.78 is 5.48. The molecule has 0 unspecified atom stereocenters. The molecule has 2 heterocycles. The normalized spacial score (nSPS) is 12.2. The van der Waals surface area contributed by atoms with Crippen molar-refractivity contribution in [2.24, 2.45) is 4.99 Å². The molecule has 2 rings (SSSR count). The Morgan fingerprint density at radius 2 is 1.93 bits per heavy atom. The average molecular weight is 519 g/mol. The Balaban J connectivity index is 0.00000392. The van der Waals surface area contributed by atoms with Gasteiger partial charge in [0.25, 0.3) is 0 Å². The molecule has 0 atom stereocenters. The number of guanidine groups is 1. The molecule has 0 saturated heterocycles. The zero-order chi connectivity index (χ0) is 19.9. The molecule has 6 nitrogen and oxygen atoms in total. The van der Waals surface area contributed by atoms with Crippen molar-refractivity contribution in [3.05, 3.63) is 33.6 Å². The Labute approximate surface area is 190 Å². The Morgan fingerprint density at radius 1 is 1.21 bits per heavy atom. The molecule has 0 aromatic carbocycles. The molecule has 2 aromatic heterocycles. The third kappa shape index (κ3) is 7.35. The fourth-order valence-electron chi connectivity index (χ4n) is 2.71. The highest BCUT2D eigenvalue weighted by Gasteiger charge is 2.18. The van der Waals surface area contributed by atoms with Crippen LogP contribution in [0.15, 0.2) is 21.0 Å². The first-order valence-corrected chi connectivity index (χ1v) is 10.7. The molecule has 0 aliphatic rings. The largest absolute Gasteiger partial charge is 0.359 e. The third-order valence-corrected chi connectivity index (χ3v) is 5.66. The van der Waals surface area contributed by atoms with E-state index in [0.29, 0.717) is 19.0 Å². The fraction of sp³-hybridized carbons (Fsp3) is 0.650. The number of thiazole rings is 1. The maximum atomic E-state index is 5.48. The smallest absolute Gasteiger partial charge is 0.192 e. The van der Waals surface area contributed by atoms with Crippen LogP contribution in [0.25, 0.3) is 0 Å². The van der Waals surface area contributed by atoms with Crippen LogP contribution >= 0.6 is 35.3 Å². The minimum absolute atomic E-state index is 0. The van der Waals surface area contributed by atoms with Crippen molar-refractivity contribution in [1.82, 2.24) is 20.8 Å². The maximum absolute atomic E-state index is 5.48.